The number of nitrogens with one attached hydrogen (secondary N) is 1. The largest absolute Gasteiger partial charge is 0.353 e. The van der Waals surface area contributed by atoms with Gasteiger partial charge >= 0.3 is 0 Å². The summed E-state index contributed by atoms with van der Waals surface area (Å²) in [5.74, 6) is 1.31. The number of nitrogens with zero attached hydrogens (tertiary/aromatic N) is 3. The Morgan fingerprint density at radius 1 is 1.12 bits per heavy atom. The second kappa shape index (κ2) is 9.21. The van der Waals surface area contributed by atoms with Crippen LogP contribution in [0.25, 0.3) is 11.4 Å². The van der Waals surface area contributed by atoms with E-state index in [0.29, 0.717) is 11.8 Å². The van der Waals surface area contributed by atoms with Gasteiger partial charge in [-0.2, -0.15) is 0 Å². The predicted octanol–water partition coefficient (Wildman–Crippen LogP) is 4.11. The molecule has 0 unspecified atom stereocenters. The van der Waals surface area contributed by atoms with Crippen LogP contribution in [-0.2, 0) is 11.8 Å². The first kappa shape index (κ1) is 19.0. The number of hydrogen-bond donors (Lipinski definition) is 1. The number of carbonyl (C=O) groups excluding carboxylic acids is 1. The first-order chi connectivity index (χ1) is 12.6. The van der Waals surface area contributed by atoms with Gasteiger partial charge in [0.2, 0.25) is 5.91 Å². The standard InChI is InChI=1S/C20H28N4OS/c1-15-10-12-16(13-11-15)19-22-23-20(24(19)2)26-14-18(25)21-17-8-6-4-3-5-7-9-17/h10-13,17H,3-9,14H2,1-2H3,(H,21,25). The summed E-state index contributed by atoms with van der Waals surface area (Å²) in [5, 5.41) is 12.5. The third-order valence-electron chi connectivity index (χ3n) is 4.95. The molecule has 1 fully saturated rings. The Morgan fingerprint density at radius 3 is 2.46 bits per heavy atom. The molecule has 0 spiro atoms. The Kier molecular flexibility index (Phi) is 6.72. The van der Waals surface area contributed by atoms with E-state index in [1.54, 1.807) is 0 Å². The summed E-state index contributed by atoms with van der Waals surface area (Å²) in [5.41, 5.74) is 2.26. The van der Waals surface area contributed by atoms with Crippen LogP contribution in [0.1, 0.15) is 50.5 Å². The molecular formula is C20H28N4OS. The van der Waals surface area contributed by atoms with Crippen LogP contribution in [0, 0.1) is 6.92 Å². The van der Waals surface area contributed by atoms with Gasteiger partial charge in [-0.05, 0) is 19.8 Å². The van der Waals surface area contributed by atoms with Crippen molar-refractivity contribution in [2.24, 2.45) is 7.05 Å². The van der Waals surface area contributed by atoms with E-state index in [-0.39, 0.29) is 5.91 Å². The zero-order chi connectivity index (χ0) is 18.4. The van der Waals surface area contributed by atoms with Crippen molar-refractivity contribution in [2.45, 2.75) is 63.1 Å². The summed E-state index contributed by atoms with van der Waals surface area (Å²) in [6.45, 7) is 2.07. The third kappa shape index (κ3) is 5.10. The Hall–Kier alpha value is -1.82. The van der Waals surface area contributed by atoms with Gasteiger partial charge in [-0.3, -0.25) is 4.79 Å². The smallest absolute Gasteiger partial charge is 0.230 e. The van der Waals surface area contributed by atoms with E-state index in [4.69, 9.17) is 0 Å². The van der Waals surface area contributed by atoms with Crippen LogP contribution < -0.4 is 5.32 Å². The third-order valence-corrected chi connectivity index (χ3v) is 5.97. The van der Waals surface area contributed by atoms with Gasteiger partial charge in [0.25, 0.3) is 0 Å². The maximum absolute atomic E-state index is 12.3. The van der Waals surface area contributed by atoms with Crippen molar-refractivity contribution in [3.05, 3.63) is 29.8 Å². The number of aromatic nitrogens is 3. The van der Waals surface area contributed by atoms with Gasteiger partial charge in [-0.1, -0.05) is 73.7 Å². The van der Waals surface area contributed by atoms with E-state index in [0.717, 1.165) is 29.4 Å². The highest BCUT2D eigenvalue weighted by molar-refractivity contribution is 7.99. The molecule has 140 valence electrons. The van der Waals surface area contributed by atoms with Crippen LogP contribution >= 0.6 is 11.8 Å². The van der Waals surface area contributed by atoms with Gasteiger partial charge in [-0.25, -0.2) is 0 Å². The number of carbonyl (C=O) groups is 1. The fourth-order valence-corrected chi connectivity index (χ4v) is 4.12. The van der Waals surface area contributed by atoms with Gasteiger partial charge in [0.05, 0.1) is 5.75 Å². The van der Waals surface area contributed by atoms with E-state index in [2.05, 4.69) is 46.7 Å². The lowest BCUT2D eigenvalue weighted by Crippen LogP contribution is -2.36. The highest BCUT2D eigenvalue weighted by Gasteiger charge is 2.16. The predicted molar refractivity (Wildman–Crippen MR) is 106 cm³/mol. The minimum atomic E-state index is 0.0976. The topological polar surface area (TPSA) is 59.8 Å². The fraction of sp³-hybridized carbons (Fsp3) is 0.550. The summed E-state index contributed by atoms with van der Waals surface area (Å²) in [7, 11) is 1.95. The maximum Gasteiger partial charge on any atom is 0.230 e. The van der Waals surface area contributed by atoms with Crippen LogP contribution in [0.2, 0.25) is 0 Å². The molecule has 1 saturated carbocycles. The average molecular weight is 373 g/mol. The lowest BCUT2D eigenvalue weighted by molar-refractivity contribution is -0.119. The molecule has 1 aromatic carbocycles. The normalized spacial score (nSPS) is 16.1. The molecule has 0 radical (unpaired) electrons. The van der Waals surface area contributed by atoms with E-state index in [1.165, 1.54) is 49.4 Å². The zero-order valence-corrected chi connectivity index (χ0v) is 16.5. The first-order valence-corrected chi connectivity index (χ1v) is 10.5. The van der Waals surface area contributed by atoms with Gasteiger partial charge in [0.15, 0.2) is 11.0 Å². The number of benzene rings is 1. The molecule has 0 saturated heterocycles. The monoisotopic (exact) mass is 372 g/mol. The van der Waals surface area contributed by atoms with Crippen LogP contribution in [-0.4, -0.2) is 32.5 Å². The van der Waals surface area contributed by atoms with Gasteiger partial charge < -0.3 is 9.88 Å². The molecule has 1 N–H and O–H groups in total. The summed E-state index contributed by atoms with van der Waals surface area (Å²) in [6.07, 6.45) is 8.59. The number of thioether (sulfide) groups is 1. The lowest BCUT2D eigenvalue weighted by atomic mass is 9.97. The van der Waals surface area contributed by atoms with E-state index in [9.17, 15) is 4.79 Å². The maximum atomic E-state index is 12.3. The molecule has 6 heteroatoms. The second-order valence-corrected chi connectivity index (χ2v) is 8.07. The summed E-state index contributed by atoms with van der Waals surface area (Å²) >= 11 is 1.45. The summed E-state index contributed by atoms with van der Waals surface area (Å²) in [6, 6.07) is 8.58. The molecule has 0 aliphatic heterocycles. The SMILES string of the molecule is Cc1ccc(-c2nnc(SCC(=O)NC3CCCCCCC3)n2C)cc1. The van der Waals surface area contributed by atoms with E-state index < -0.39 is 0 Å². The Balaban J connectivity index is 1.54. The fourth-order valence-electron chi connectivity index (χ4n) is 3.39. The van der Waals surface area contributed by atoms with E-state index >= 15 is 0 Å². The molecule has 0 bridgehead atoms. The minimum absolute atomic E-state index is 0.0976. The van der Waals surface area contributed by atoms with Crippen molar-refractivity contribution in [1.82, 2.24) is 20.1 Å². The molecule has 1 heterocycles. The molecule has 0 atom stereocenters. The van der Waals surface area contributed by atoms with Gasteiger partial charge in [-0.15, -0.1) is 10.2 Å². The molecular weight excluding hydrogens is 344 g/mol. The Labute approximate surface area is 160 Å². The van der Waals surface area contributed by atoms with Crippen LogP contribution in [0.4, 0.5) is 0 Å². The van der Waals surface area contributed by atoms with Crippen molar-refractivity contribution in [3.63, 3.8) is 0 Å². The zero-order valence-electron chi connectivity index (χ0n) is 15.7. The molecule has 1 aromatic heterocycles. The molecule has 1 amide bonds. The minimum Gasteiger partial charge on any atom is -0.353 e. The summed E-state index contributed by atoms with van der Waals surface area (Å²) < 4.78 is 1.96. The number of rotatable bonds is 5. The second-order valence-electron chi connectivity index (χ2n) is 7.13. The van der Waals surface area contributed by atoms with Crippen molar-refractivity contribution in [1.29, 1.82) is 0 Å². The Morgan fingerprint density at radius 2 is 1.77 bits per heavy atom. The van der Waals surface area contributed by atoms with Gasteiger partial charge in [0.1, 0.15) is 0 Å². The molecule has 1 aliphatic carbocycles. The van der Waals surface area contributed by atoms with Crippen molar-refractivity contribution < 1.29 is 4.79 Å². The molecule has 1 aliphatic rings. The van der Waals surface area contributed by atoms with Crippen molar-refractivity contribution in [3.8, 4) is 11.4 Å². The van der Waals surface area contributed by atoms with Gasteiger partial charge in [0, 0.05) is 18.7 Å². The molecule has 2 aromatic rings. The first-order valence-electron chi connectivity index (χ1n) is 9.52. The lowest BCUT2D eigenvalue weighted by Gasteiger charge is -2.20. The van der Waals surface area contributed by atoms with Crippen molar-refractivity contribution in [2.75, 3.05) is 5.75 Å². The number of hydrogen-bond acceptors (Lipinski definition) is 4. The quantitative estimate of drug-likeness (QED) is 0.803. The highest BCUT2D eigenvalue weighted by atomic mass is 32.2. The number of amides is 1. The number of aryl methyl sites for hydroxylation is 1. The van der Waals surface area contributed by atoms with Crippen LogP contribution in [0.15, 0.2) is 29.4 Å². The highest BCUT2D eigenvalue weighted by Crippen LogP contribution is 2.23. The Bertz CT molecular complexity index is 718. The van der Waals surface area contributed by atoms with Crippen molar-refractivity contribution >= 4 is 17.7 Å². The molecule has 5 nitrogen and oxygen atoms in total. The summed E-state index contributed by atoms with van der Waals surface area (Å²) in [4.78, 5) is 12.3. The van der Waals surface area contributed by atoms with E-state index in [1.807, 2.05) is 11.6 Å². The van der Waals surface area contributed by atoms with Crippen LogP contribution in [0.3, 0.4) is 0 Å². The average Bonchev–Trinajstić information content (AvgIpc) is 2.97. The van der Waals surface area contributed by atoms with Crippen LogP contribution in [0.5, 0.6) is 0 Å². The molecule has 26 heavy (non-hydrogen) atoms. The molecule has 3 rings (SSSR count).